The molecule has 13 heteroatoms. The molecule has 0 bridgehead atoms. The van der Waals surface area contributed by atoms with Crippen LogP contribution in [0.4, 0.5) is 5.69 Å². The Balaban J connectivity index is 1.75. The Kier molecular flexibility index (Phi) is 11.9. The van der Waals surface area contributed by atoms with E-state index in [9.17, 15) is 18.0 Å². The molecule has 3 aromatic carbocycles. The smallest absolute Gasteiger partial charge is 0.264 e. The van der Waals surface area contributed by atoms with Crippen LogP contribution in [-0.2, 0) is 26.2 Å². The Morgan fingerprint density at radius 2 is 1.58 bits per heavy atom. The minimum atomic E-state index is -4.34. The zero-order valence-electron chi connectivity index (χ0n) is 25.3. The number of halogens is 3. The second-order valence-corrected chi connectivity index (χ2v) is 13.8. The van der Waals surface area contributed by atoms with Gasteiger partial charge in [0.1, 0.15) is 12.6 Å². The average Bonchev–Trinajstić information content (AvgIpc) is 3.54. The van der Waals surface area contributed by atoms with Crippen LogP contribution in [0.3, 0.4) is 0 Å². The van der Waals surface area contributed by atoms with Gasteiger partial charge in [0.25, 0.3) is 10.0 Å². The minimum Gasteiger partial charge on any atom is -0.493 e. The van der Waals surface area contributed by atoms with E-state index in [0.717, 1.165) is 30.0 Å². The van der Waals surface area contributed by atoms with Gasteiger partial charge in [-0.1, -0.05) is 60.6 Å². The van der Waals surface area contributed by atoms with Gasteiger partial charge in [0, 0.05) is 23.7 Å². The number of anilines is 1. The van der Waals surface area contributed by atoms with E-state index in [4.69, 9.17) is 44.3 Å². The average molecular weight is 697 g/mol. The normalized spacial score (nSPS) is 14.1. The highest BCUT2D eigenvalue weighted by atomic mass is 35.5. The molecular weight excluding hydrogens is 661 g/mol. The lowest BCUT2D eigenvalue weighted by Gasteiger charge is -2.34. The molecule has 1 atom stereocenters. The van der Waals surface area contributed by atoms with Crippen molar-refractivity contribution in [2.75, 3.05) is 25.1 Å². The molecule has 1 aliphatic rings. The Labute approximate surface area is 279 Å². The topological polar surface area (TPSA) is 105 Å². The van der Waals surface area contributed by atoms with E-state index in [0.29, 0.717) is 32.8 Å². The quantitative estimate of drug-likeness (QED) is 0.213. The lowest BCUT2D eigenvalue weighted by Crippen LogP contribution is -2.53. The summed E-state index contributed by atoms with van der Waals surface area (Å²) in [6.45, 7) is 1.20. The molecule has 45 heavy (non-hydrogen) atoms. The number of hydrogen-bond acceptors (Lipinski definition) is 6. The molecular formula is C32H36Cl3N3O6S. The fourth-order valence-corrected chi connectivity index (χ4v) is 7.24. The van der Waals surface area contributed by atoms with Gasteiger partial charge in [-0.25, -0.2) is 8.42 Å². The third-order valence-corrected chi connectivity index (χ3v) is 10.5. The van der Waals surface area contributed by atoms with Crippen molar-refractivity contribution >= 4 is 62.3 Å². The first-order chi connectivity index (χ1) is 21.5. The van der Waals surface area contributed by atoms with Gasteiger partial charge in [-0.15, -0.1) is 0 Å². The summed E-state index contributed by atoms with van der Waals surface area (Å²) in [5, 5.41) is 4.12. The molecule has 0 saturated heterocycles. The molecule has 0 radical (unpaired) electrons. The van der Waals surface area contributed by atoms with Crippen LogP contribution in [0.25, 0.3) is 0 Å². The van der Waals surface area contributed by atoms with Crippen molar-refractivity contribution < 1.29 is 27.5 Å². The SMILES string of the molecule is CC[C@@H](C(=O)NC1CCCC1)N(Cc1ccc(Cl)c(Cl)c1)C(=O)CN(c1ccc(Cl)cc1)S(=O)(=O)c1ccc(OC)c(OC)c1. The van der Waals surface area contributed by atoms with E-state index >= 15 is 0 Å². The molecule has 0 spiro atoms. The number of nitrogens with one attached hydrogen (secondary N) is 1. The summed E-state index contributed by atoms with van der Waals surface area (Å²) >= 11 is 18.5. The first-order valence-corrected chi connectivity index (χ1v) is 17.1. The molecule has 0 unspecified atom stereocenters. The Hall–Kier alpha value is -3.18. The molecule has 0 aromatic heterocycles. The summed E-state index contributed by atoms with van der Waals surface area (Å²) in [4.78, 5) is 29.2. The Morgan fingerprint density at radius 1 is 0.911 bits per heavy atom. The molecule has 0 aliphatic heterocycles. The Bertz CT molecular complexity index is 1610. The van der Waals surface area contributed by atoms with Crippen LogP contribution in [0.5, 0.6) is 11.5 Å². The standard InChI is InChI=1S/C32H36Cl3N3O6S/c1-4-28(32(40)36-23-7-5-6-8-23)37(19-21-9-15-26(34)27(35)17-21)31(39)20-38(24-12-10-22(33)11-13-24)45(41,42)25-14-16-29(43-2)30(18-25)44-3/h9-18,23,28H,4-8,19-20H2,1-3H3,(H,36,40)/t28-/m0/s1. The zero-order chi connectivity index (χ0) is 32.7. The maximum atomic E-state index is 14.3. The predicted molar refractivity (Wildman–Crippen MR) is 177 cm³/mol. The third-order valence-electron chi connectivity index (χ3n) is 7.76. The van der Waals surface area contributed by atoms with Gasteiger partial charge in [0.15, 0.2) is 11.5 Å². The van der Waals surface area contributed by atoms with Crippen molar-refractivity contribution in [1.29, 1.82) is 0 Å². The maximum absolute atomic E-state index is 14.3. The van der Waals surface area contributed by atoms with Crippen molar-refractivity contribution in [2.24, 2.45) is 0 Å². The first kappa shape index (κ1) is 34.7. The molecule has 2 amide bonds. The number of carbonyl (C=O) groups excluding carboxylic acids is 2. The number of hydrogen-bond donors (Lipinski definition) is 1. The molecule has 4 rings (SSSR count). The van der Waals surface area contributed by atoms with E-state index in [1.807, 2.05) is 6.92 Å². The molecule has 1 aliphatic carbocycles. The number of rotatable bonds is 13. The molecule has 0 heterocycles. The maximum Gasteiger partial charge on any atom is 0.264 e. The van der Waals surface area contributed by atoms with Gasteiger partial charge >= 0.3 is 0 Å². The van der Waals surface area contributed by atoms with Crippen LogP contribution in [-0.4, -0.2) is 58.0 Å². The van der Waals surface area contributed by atoms with Crippen LogP contribution < -0.4 is 19.1 Å². The van der Waals surface area contributed by atoms with E-state index < -0.39 is 28.5 Å². The van der Waals surface area contributed by atoms with Gasteiger partial charge in [0.2, 0.25) is 11.8 Å². The van der Waals surface area contributed by atoms with Gasteiger partial charge in [-0.05, 0) is 73.4 Å². The second kappa shape index (κ2) is 15.4. The lowest BCUT2D eigenvalue weighted by atomic mass is 10.1. The minimum absolute atomic E-state index is 0.00280. The molecule has 3 aromatic rings. The van der Waals surface area contributed by atoms with Gasteiger partial charge in [-0.2, -0.15) is 0 Å². The highest BCUT2D eigenvalue weighted by molar-refractivity contribution is 7.92. The molecule has 1 N–H and O–H groups in total. The largest absolute Gasteiger partial charge is 0.493 e. The molecule has 1 saturated carbocycles. The number of benzene rings is 3. The number of sulfonamides is 1. The number of amides is 2. The van der Waals surface area contributed by atoms with Crippen molar-refractivity contribution in [3.8, 4) is 11.5 Å². The number of carbonyl (C=O) groups is 2. The van der Waals surface area contributed by atoms with Crippen molar-refractivity contribution in [1.82, 2.24) is 10.2 Å². The highest BCUT2D eigenvalue weighted by Gasteiger charge is 2.35. The van der Waals surface area contributed by atoms with Gasteiger partial charge in [-0.3, -0.25) is 13.9 Å². The summed E-state index contributed by atoms with van der Waals surface area (Å²) < 4.78 is 40.0. The third kappa shape index (κ3) is 8.35. The van der Waals surface area contributed by atoms with Gasteiger partial charge < -0.3 is 19.7 Å². The first-order valence-electron chi connectivity index (χ1n) is 14.5. The van der Waals surface area contributed by atoms with Crippen LogP contribution in [0.1, 0.15) is 44.6 Å². The fraction of sp³-hybridized carbons (Fsp3) is 0.375. The van der Waals surface area contributed by atoms with E-state index in [1.54, 1.807) is 18.2 Å². The number of nitrogens with zero attached hydrogens (tertiary/aromatic N) is 2. The zero-order valence-corrected chi connectivity index (χ0v) is 28.3. The van der Waals surface area contributed by atoms with Crippen LogP contribution in [0.2, 0.25) is 15.1 Å². The van der Waals surface area contributed by atoms with Gasteiger partial charge in [0.05, 0.1) is 34.8 Å². The van der Waals surface area contributed by atoms with E-state index in [1.165, 1.54) is 61.6 Å². The van der Waals surface area contributed by atoms with E-state index in [2.05, 4.69) is 5.32 Å². The van der Waals surface area contributed by atoms with Crippen LogP contribution >= 0.6 is 34.8 Å². The lowest BCUT2D eigenvalue weighted by molar-refractivity contribution is -0.140. The monoisotopic (exact) mass is 695 g/mol. The number of methoxy groups -OCH3 is 2. The van der Waals surface area contributed by atoms with E-state index in [-0.39, 0.29) is 34.8 Å². The highest BCUT2D eigenvalue weighted by Crippen LogP contribution is 2.33. The predicted octanol–water partition coefficient (Wildman–Crippen LogP) is 6.73. The molecule has 1 fully saturated rings. The molecule has 9 nitrogen and oxygen atoms in total. The van der Waals surface area contributed by atoms with Crippen LogP contribution in [0.15, 0.2) is 65.6 Å². The summed E-state index contributed by atoms with van der Waals surface area (Å²) in [7, 11) is -1.50. The summed E-state index contributed by atoms with van der Waals surface area (Å²) in [6.07, 6.45) is 4.10. The summed E-state index contributed by atoms with van der Waals surface area (Å²) in [5.74, 6) is -0.332. The second-order valence-electron chi connectivity index (χ2n) is 10.7. The van der Waals surface area contributed by atoms with Crippen LogP contribution in [0, 0.1) is 0 Å². The van der Waals surface area contributed by atoms with Crippen molar-refractivity contribution in [3.63, 3.8) is 0 Å². The fourth-order valence-electron chi connectivity index (χ4n) is 5.36. The molecule has 242 valence electrons. The van der Waals surface area contributed by atoms with Crippen molar-refractivity contribution in [2.45, 2.75) is 62.6 Å². The Morgan fingerprint density at radius 3 is 2.18 bits per heavy atom. The summed E-state index contributed by atoms with van der Waals surface area (Å²) in [5.41, 5.74) is 0.839. The van der Waals surface area contributed by atoms with Crippen molar-refractivity contribution in [3.05, 3.63) is 81.3 Å². The number of ether oxygens (including phenoxy) is 2. The summed E-state index contributed by atoms with van der Waals surface area (Å²) in [6, 6.07) is 14.4.